The van der Waals surface area contributed by atoms with Crippen LogP contribution < -0.4 is 5.32 Å². The molecule has 0 saturated heterocycles. The fourth-order valence-corrected chi connectivity index (χ4v) is 2.95. The smallest absolute Gasteiger partial charge is 0.228 e. The summed E-state index contributed by atoms with van der Waals surface area (Å²) in [4.78, 5) is 16.2. The lowest BCUT2D eigenvalue weighted by Crippen LogP contribution is -2.27. The van der Waals surface area contributed by atoms with Gasteiger partial charge in [0, 0.05) is 18.9 Å². The second kappa shape index (κ2) is 6.26. The Balaban J connectivity index is 1.51. The number of carbonyl (C=O) groups excluding carboxylic acids is 1. The van der Waals surface area contributed by atoms with Crippen molar-refractivity contribution in [2.45, 2.75) is 25.7 Å². The van der Waals surface area contributed by atoms with Gasteiger partial charge in [-0.05, 0) is 30.9 Å². The lowest BCUT2D eigenvalue weighted by molar-refractivity contribution is -0.122. The molecule has 3 rings (SSSR count). The topological polar surface area (TPSA) is 68.0 Å². The van der Waals surface area contributed by atoms with Crippen LogP contribution in [0.2, 0.25) is 10.0 Å². The van der Waals surface area contributed by atoms with Gasteiger partial charge < -0.3 is 9.84 Å². The normalized spacial score (nSPS) is 20.0. The van der Waals surface area contributed by atoms with Crippen LogP contribution in [-0.2, 0) is 11.2 Å². The molecule has 1 aliphatic carbocycles. The maximum Gasteiger partial charge on any atom is 0.228 e. The first-order chi connectivity index (χ1) is 10.6. The third-order valence-corrected chi connectivity index (χ3v) is 4.55. The monoisotopic (exact) mass is 339 g/mol. The molecule has 22 heavy (non-hydrogen) atoms. The highest BCUT2D eigenvalue weighted by molar-refractivity contribution is 6.42. The molecular formula is C15H15Cl2N3O2. The predicted octanol–water partition coefficient (Wildman–Crippen LogP) is 3.15. The fraction of sp³-hybridized carbons (Fsp3) is 0.400. The first-order valence-corrected chi connectivity index (χ1v) is 7.82. The molecule has 1 aliphatic rings. The van der Waals surface area contributed by atoms with E-state index < -0.39 is 0 Å². The first kappa shape index (κ1) is 15.3. The largest absolute Gasteiger partial charge is 0.355 e. The van der Waals surface area contributed by atoms with E-state index in [-0.39, 0.29) is 17.7 Å². The minimum atomic E-state index is -0.0413. The standard InChI is InChI=1S/C15H15Cl2N3O2/c1-8-19-13(22-20-8)5-6-18-15(21)11-7-10(11)9-3-2-4-12(16)14(9)17/h2-4,10-11H,5-7H2,1H3,(H,18,21)/t10-,11-/m0/s1. The van der Waals surface area contributed by atoms with Gasteiger partial charge >= 0.3 is 0 Å². The van der Waals surface area contributed by atoms with Gasteiger partial charge in [-0.3, -0.25) is 4.79 Å². The van der Waals surface area contributed by atoms with E-state index in [9.17, 15) is 4.79 Å². The van der Waals surface area contributed by atoms with Gasteiger partial charge in [-0.2, -0.15) is 4.98 Å². The van der Waals surface area contributed by atoms with Gasteiger partial charge in [0.2, 0.25) is 11.8 Å². The number of nitrogens with one attached hydrogen (secondary N) is 1. The van der Waals surface area contributed by atoms with Crippen LogP contribution >= 0.6 is 23.2 Å². The van der Waals surface area contributed by atoms with Crippen molar-refractivity contribution >= 4 is 29.1 Å². The zero-order chi connectivity index (χ0) is 15.7. The summed E-state index contributed by atoms with van der Waals surface area (Å²) < 4.78 is 5.00. The van der Waals surface area contributed by atoms with Crippen molar-refractivity contribution in [3.05, 3.63) is 45.5 Å². The van der Waals surface area contributed by atoms with Crippen LogP contribution in [-0.4, -0.2) is 22.6 Å². The van der Waals surface area contributed by atoms with Crippen molar-refractivity contribution in [2.75, 3.05) is 6.54 Å². The summed E-state index contributed by atoms with van der Waals surface area (Å²) in [7, 11) is 0. The molecular weight excluding hydrogens is 325 g/mol. The number of benzene rings is 1. The average Bonchev–Trinajstić information content (AvgIpc) is 3.18. The third kappa shape index (κ3) is 3.25. The minimum Gasteiger partial charge on any atom is -0.355 e. The van der Waals surface area contributed by atoms with Gasteiger partial charge in [-0.15, -0.1) is 0 Å². The van der Waals surface area contributed by atoms with Crippen molar-refractivity contribution in [3.63, 3.8) is 0 Å². The summed E-state index contributed by atoms with van der Waals surface area (Å²) in [6.45, 7) is 2.24. The fourth-order valence-electron chi connectivity index (χ4n) is 2.50. The molecule has 1 heterocycles. The highest BCUT2D eigenvalue weighted by atomic mass is 35.5. The Hall–Kier alpha value is -1.59. The lowest BCUT2D eigenvalue weighted by atomic mass is 10.1. The Morgan fingerprint density at radius 2 is 2.27 bits per heavy atom. The summed E-state index contributed by atoms with van der Waals surface area (Å²) >= 11 is 12.2. The molecule has 0 unspecified atom stereocenters. The highest BCUT2D eigenvalue weighted by Gasteiger charge is 2.44. The Labute approximate surface area is 138 Å². The molecule has 2 atom stereocenters. The molecule has 0 radical (unpaired) electrons. The molecule has 0 bridgehead atoms. The van der Waals surface area contributed by atoms with Gasteiger partial charge in [0.15, 0.2) is 5.82 Å². The van der Waals surface area contributed by atoms with Crippen LogP contribution in [0.15, 0.2) is 22.7 Å². The molecule has 1 saturated carbocycles. The van der Waals surface area contributed by atoms with E-state index in [1.807, 2.05) is 12.1 Å². The van der Waals surface area contributed by atoms with Crippen molar-refractivity contribution in [2.24, 2.45) is 5.92 Å². The number of rotatable bonds is 5. The van der Waals surface area contributed by atoms with Gasteiger partial charge in [0.25, 0.3) is 0 Å². The number of hydrogen-bond acceptors (Lipinski definition) is 4. The van der Waals surface area contributed by atoms with E-state index in [0.717, 1.165) is 12.0 Å². The second-order valence-corrected chi connectivity index (χ2v) is 6.15. The van der Waals surface area contributed by atoms with Gasteiger partial charge in [0.1, 0.15) is 0 Å². The number of halogens is 2. The predicted molar refractivity (Wildman–Crippen MR) is 83.1 cm³/mol. The molecule has 2 aromatic rings. The number of aromatic nitrogens is 2. The molecule has 0 spiro atoms. The maximum absolute atomic E-state index is 12.1. The van der Waals surface area contributed by atoms with Crippen LogP contribution in [0.1, 0.15) is 29.6 Å². The second-order valence-electron chi connectivity index (χ2n) is 5.37. The third-order valence-electron chi connectivity index (χ3n) is 3.72. The Bertz CT molecular complexity index is 702. The summed E-state index contributed by atoms with van der Waals surface area (Å²) in [5.41, 5.74) is 0.946. The molecule has 0 aliphatic heterocycles. The van der Waals surface area contributed by atoms with Crippen LogP contribution in [0, 0.1) is 12.8 Å². The van der Waals surface area contributed by atoms with Gasteiger partial charge in [-0.1, -0.05) is 40.5 Å². The molecule has 7 heteroatoms. The van der Waals surface area contributed by atoms with Gasteiger partial charge in [-0.25, -0.2) is 0 Å². The number of carbonyl (C=O) groups is 1. The summed E-state index contributed by atoms with van der Waals surface area (Å²) in [5.74, 6) is 1.26. The van der Waals surface area contributed by atoms with Crippen molar-refractivity contribution < 1.29 is 9.32 Å². The van der Waals surface area contributed by atoms with Crippen LogP contribution in [0.25, 0.3) is 0 Å². The lowest BCUT2D eigenvalue weighted by Gasteiger charge is -2.06. The van der Waals surface area contributed by atoms with Crippen molar-refractivity contribution in [3.8, 4) is 0 Å². The van der Waals surface area contributed by atoms with Crippen molar-refractivity contribution in [1.29, 1.82) is 0 Å². The Morgan fingerprint density at radius 1 is 1.45 bits per heavy atom. The first-order valence-electron chi connectivity index (χ1n) is 7.07. The summed E-state index contributed by atoms with van der Waals surface area (Å²) in [6, 6.07) is 5.53. The van der Waals surface area contributed by atoms with E-state index in [1.54, 1.807) is 13.0 Å². The van der Waals surface area contributed by atoms with Gasteiger partial charge in [0.05, 0.1) is 10.0 Å². The van der Waals surface area contributed by atoms with Crippen LogP contribution in [0.3, 0.4) is 0 Å². The Morgan fingerprint density at radius 3 is 3.00 bits per heavy atom. The zero-order valence-electron chi connectivity index (χ0n) is 12.0. The SMILES string of the molecule is Cc1noc(CCNC(=O)[C@H]2C[C@H]2c2cccc(Cl)c2Cl)n1. The van der Waals surface area contributed by atoms with E-state index in [2.05, 4.69) is 15.5 Å². The zero-order valence-corrected chi connectivity index (χ0v) is 13.5. The molecule has 116 valence electrons. The number of nitrogens with zero attached hydrogens (tertiary/aromatic N) is 2. The Kier molecular flexibility index (Phi) is 4.36. The highest BCUT2D eigenvalue weighted by Crippen LogP contribution is 2.50. The minimum absolute atomic E-state index is 0.0253. The maximum atomic E-state index is 12.1. The summed E-state index contributed by atoms with van der Waals surface area (Å²) in [6.07, 6.45) is 1.33. The molecule has 1 fully saturated rings. The van der Waals surface area contributed by atoms with E-state index in [0.29, 0.717) is 34.7 Å². The number of amides is 1. The molecule has 1 amide bonds. The quantitative estimate of drug-likeness (QED) is 0.908. The van der Waals surface area contributed by atoms with E-state index >= 15 is 0 Å². The van der Waals surface area contributed by atoms with Crippen molar-refractivity contribution in [1.82, 2.24) is 15.5 Å². The molecule has 1 aromatic carbocycles. The van der Waals surface area contributed by atoms with Crippen LogP contribution in [0.5, 0.6) is 0 Å². The van der Waals surface area contributed by atoms with E-state index in [4.69, 9.17) is 27.7 Å². The van der Waals surface area contributed by atoms with E-state index in [1.165, 1.54) is 0 Å². The number of aryl methyl sites for hydroxylation is 1. The average molecular weight is 340 g/mol. The molecule has 1 N–H and O–H groups in total. The molecule has 5 nitrogen and oxygen atoms in total. The number of hydrogen-bond donors (Lipinski definition) is 1. The molecule has 1 aromatic heterocycles. The summed E-state index contributed by atoms with van der Waals surface area (Å²) in [5, 5.41) is 7.67. The van der Waals surface area contributed by atoms with Crippen LogP contribution in [0.4, 0.5) is 0 Å².